The van der Waals surface area contributed by atoms with Crippen molar-refractivity contribution in [1.82, 2.24) is 0 Å². The highest BCUT2D eigenvalue weighted by Gasteiger charge is 2.56. The summed E-state index contributed by atoms with van der Waals surface area (Å²) in [4.78, 5) is 0. The van der Waals surface area contributed by atoms with E-state index in [9.17, 15) is 0 Å². The highest BCUT2D eigenvalue weighted by molar-refractivity contribution is 6.54. The highest BCUT2D eigenvalue weighted by atomic mass is 28.4. The molecule has 0 bridgehead atoms. The van der Waals surface area contributed by atoms with Crippen molar-refractivity contribution in [2.45, 2.75) is 34.1 Å². The van der Waals surface area contributed by atoms with E-state index in [2.05, 4.69) is 19.7 Å². The van der Waals surface area contributed by atoms with Crippen LogP contribution < -0.4 is 0 Å². The van der Waals surface area contributed by atoms with Crippen molar-refractivity contribution in [1.29, 1.82) is 0 Å². The van der Waals surface area contributed by atoms with Gasteiger partial charge >= 0.3 is 9.05 Å². The Balaban J connectivity index is 5.08. The quantitative estimate of drug-likeness (QED) is 0.468. The zero-order valence-corrected chi connectivity index (χ0v) is 12.6. The molecule has 0 aromatic heterocycles. The van der Waals surface area contributed by atoms with Gasteiger partial charge in [0, 0.05) is 0 Å². The van der Waals surface area contributed by atoms with Crippen molar-refractivity contribution in [2.24, 2.45) is 0 Å². The minimum absolute atomic E-state index is 0.439. The van der Waals surface area contributed by atoms with E-state index in [1.807, 2.05) is 13.0 Å². The fourth-order valence-corrected chi connectivity index (χ4v) is 2.82. The highest BCUT2D eigenvalue weighted by Crippen LogP contribution is 2.21. The molecule has 4 nitrogen and oxygen atoms in total. The topological polar surface area (TPSA) is 36.9 Å². The number of rotatable bonds is 9. The molecule has 0 aromatic carbocycles. The Hall–Kier alpha value is -1.62. The van der Waals surface area contributed by atoms with Crippen LogP contribution in [0.2, 0.25) is 0 Å². The van der Waals surface area contributed by atoms with Crippen LogP contribution in [0.1, 0.15) is 34.1 Å². The van der Waals surface area contributed by atoms with E-state index >= 15 is 0 Å². The van der Waals surface area contributed by atoms with Gasteiger partial charge in [-0.05, 0) is 27.2 Å². The Kier molecular flexibility index (Phi) is 6.96. The summed E-state index contributed by atoms with van der Waals surface area (Å²) in [6, 6.07) is 0. The molecule has 0 unspecified atom stereocenters. The maximum absolute atomic E-state index is 5.51. The van der Waals surface area contributed by atoms with Crippen molar-refractivity contribution in [3.05, 3.63) is 49.4 Å². The Bertz CT molecular complexity index is 306. The van der Waals surface area contributed by atoms with Crippen molar-refractivity contribution in [3.8, 4) is 0 Å². The summed E-state index contributed by atoms with van der Waals surface area (Å²) in [6.07, 6.45) is 4.16. The lowest BCUT2D eigenvalue weighted by Crippen LogP contribution is -2.46. The molecule has 0 atom stereocenters. The molecule has 18 heavy (non-hydrogen) atoms. The average molecular weight is 270 g/mol. The third-order valence-corrected chi connectivity index (χ3v) is 3.66. The van der Waals surface area contributed by atoms with Gasteiger partial charge < -0.3 is 17.7 Å². The second-order valence-corrected chi connectivity index (χ2v) is 5.66. The van der Waals surface area contributed by atoms with Gasteiger partial charge in [0.05, 0.1) is 23.5 Å². The SMILES string of the molecule is C=C(C)O[Si](OC=CCC)(OC(=C)C)OC(=C)C. The summed E-state index contributed by atoms with van der Waals surface area (Å²) >= 11 is 0. The van der Waals surface area contributed by atoms with Gasteiger partial charge in [0.15, 0.2) is 0 Å². The fraction of sp³-hybridized carbons (Fsp3) is 0.385. The Morgan fingerprint density at radius 1 is 0.944 bits per heavy atom. The Morgan fingerprint density at radius 3 is 1.61 bits per heavy atom. The monoisotopic (exact) mass is 270 g/mol. The first-order chi connectivity index (χ1) is 8.31. The standard InChI is InChI=1S/C13H22O4Si/c1-8-9-10-14-18(15-11(2)3,16-12(4)5)17-13(6)7/h9-10H,2,4,6,8H2,1,3,5,7H3. The van der Waals surface area contributed by atoms with E-state index in [0.29, 0.717) is 17.3 Å². The molecule has 0 heterocycles. The van der Waals surface area contributed by atoms with Gasteiger partial charge in [0.1, 0.15) is 0 Å². The molecule has 0 aliphatic heterocycles. The van der Waals surface area contributed by atoms with E-state index in [1.54, 1.807) is 20.8 Å². The molecule has 102 valence electrons. The van der Waals surface area contributed by atoms with Gasteiger partial charge in [-0.3, -0.25) is 0 Å². The number of hydrogen-bond donors (Lipinski definition) is 0. The van der Waals surface area contributed by atoms with Crippen LogP contribution in [0.4, 0.5) is 0 Å². The molecule has 0 aliphatic carbocycles. The van der Waals surface area contributed by atoms with E-state index in [4.69, 9.17) is 17.7 Å². The zero-order valence-electron chi connectivity index (χ0n) is 11.6. The molecule has 0 amide bonds. The summed E-state index contributed by atoms with van der Waals surface area (Å²) in [6.45, 7) is 18.1. The van der Waals surface area contributed by atoms with Gasteiger partial charge in [0.2, 0.25) is 0 Å². The minimum atomic E-state index is -3.41. The molecule has 0 N–H and O–H groups in total. The second kappa shape index (κ2) is 7.65. The fourth-order valence-electron chi connectivity index (χ4n) is 1.00. The largest absolute Gasteiger partial charge is 0.965 e. The average Bonchev–Trinajstić information content (AvgIpc) is 2.13. The third kappa shape index (κ3) is 6.85. The minimum Gasteiger partial charge on any atom is -0.459 e. The van der Waals surface area contributed by atoms with E-state index < -0.39 is 9.05 Å². The predicted molar refractivity (Wildman–Crippen MR) is 74.0 cm³/mol. The molecule has 0 fully saturated rings. The lowest BCUT2D eigenvalue weighted by molar-refractivity contribution is 0.0520. The van der Waals surface area contributed by atoms with Gasteiger partial charge in [-0.2, -0.15) is 0 Å². The van der Waals surface area contributed by atoms with Gasteiger partial charge in [0.25, 0.3) is 0 Å². The van der Waals surface area contributed by atoms with Crippen LogP contribution >= 0.6 is 0 Å². The summed E-state index contributed by atoms with van der Waals surface area (Å²) in [5, 5.41) is 0. The van der Waals surface area contributed by atoms with Crippen LogP contribution in [0, 0.1) is 0 Å². The summed E-state index contributed by atoms with van der Waals surface area (Å²) < 4.78 is 22.0. The third-order valence-electron chi connectivity index (χ3n) is 1.44. The number of hydrogen-bond acceptors (Lipinski definition) is 4. The molecule has 0 rings (SSSR count). The zero-order chi connectivity index (χ0) is 14.2. The molecule has 0 spiro atoms. The first kappa shape index (κ1) is 16.4. The van der Waals surface area contributed by atoms with Crippen LogP contribution in [0.15, 0.2) is 49.4 Å². The lowest BCUT2D eigenvalue weighted by Gasteiger charge is -2.27. The first-order valence-corrected chi connectivity index (χ1v) is 7.31. The summed E-state index contributed by atoms with van der Waals surface area (Å²) in [5.74, 6) is 1.32. The maximum atomic E-state index is 5.51. The normalized spacial score (nSPS) is 10.9. The molecular weight excluding hydrogens is 248 g/mol. The number of allylic oxidation sites excluding steroid dienone is 4. The van der Waals surface area contributed by atoms with Crippen LogP contribution in [-0.4, -0.2) is 9.05 Å². The summed E-state index contributed by atoms with van der Waals surface area (Å²) in [5.41, 5.74) is 0. The summed E-state index contributed by atoms with van der Waals surface area (Å²) in [7, 11) is -3.41. The molecule has 0 saturated carbocycles. The molecule has 5 heteroatoms. The predicted octanol–water partition coefficient (Wildman–Crippen LogP) is 4.01. The smallest absolute Gasteiger partial charge is 0.459 e. The Labute approximate surface area is 111 Å². The molecule has 0 aliphatic rings. The second-order valence-electron chi connectivity index (χ2n) is 3.81. The first-order valence-electron chi connectivity index (χ1n) is 5.67. The van der Waals surface area contributed by atoms with Crippen molar-refractivity contribution < 1.29 is 17.7 Å². The van der Waals surface area contributed by atoms with E-state index in [-0.39, 0.29) is 0 Å². The molecular formula is C13H22O4Si. The van der Waals surface area contributed by atoms with Crippen molar-refractivity contribution >= 4 is 9.05 Å². The van der Waals surface area contributed by atoms with Gasteiger partial charge in [-0.15, -0.1) is 0 Å². The molecule has 0 radical (unpaired) electrons. The van der Waals surface area contributed by atoms with Crippen LogP contribution in [0.25, 0.3) is 0 Å². The van der Waals surface area contributed by atoms with E-state index in [1.165, 1.54) is 6.26 Å². The van der Waals surface area contributed by atoms with Crippen molar-refractivity contribution in [2.75, 3.05) is 0 Å². The van der Waals surface area contributed by atoms with E-state index in [0.717, 1.165) is 6.42 Å². The van der Waals surface area contributed by atoms with Crippen LogP contribution in [0.5, 0.6) is 0 Å². The van der Waals surface area contributed by atoms with Crippen LogP contribution in [-0.2, 0) is 17.7 Å². The molecule has 0 aromatic rings. The van der Waals surface area contributed by atoms with Gasteiger partial charge in [-0.1, -0.05) is 32.7 Å². The Morgan fingerprint density at radius 2 is 1.33 bits per heavy atom. The lowest BCUT2D eigenvalue weighted by atomic mass is 10.5. The van der Waals surface area contributed by atoms with Crippen molar-refractivity contribution in [3.63, 3.8) is 0 Å². The van der Waals surface area contributed by atoms with Crippen LogP contribution in [0.3, 0.4) is 0 Å². The maximum Gasteiger partial charge on any atom is 0.965 e. The van der Waals surface area contributed by atoms with Gasteiger partial charge in [-0.25, -0.2) is 0 Å². The molecule has 0 saturated heterocycles.